The molecule has 3 atom stereocenters. The highest BCUT2D eigenvalue weighted by molar-refractivity contribution is 6.30. The molecule has 1 heterocycles. The molecule has 0 spiro atoms. The molecule has 0 saturated heterocycles. The van der Waals surface area contributed by atoms with E-state index in [1.165, 1.54) is 12.8 Å². The number of hydrogen-bond donors (Lipinski definition) is 2. The molecule has 3 unspecified atom stereocenters. The van der Waals surface area contributed by atoms with Crippen molar-refractivity contribution in [2.24, 2.45) is 16.7 Å². The Hall–Kier alpha value is -0.960. The predicted molar refractivity (Wildman–Crippen MR) is 76.3 cm³/mol. The number of aromatic nitrogens is 1. The quantitative estimate of drug-likeness (QED) is 0.854. The van der Waals surface area contributed by atoms with Gasteiger partial charge in [0.15, 0.2) is 0 Å². The summed E-state index contributed by atoms with van der Waals surface area (Å²) in [5, 5.41) is 3.78. The Bertz CT molecular complexity index is 522. The average Bonchev–Trinajstić information content (AvgIpc) is 2.91. The van der Waals surface area contributed by atoms with Gasteiger partial charge in [-0.15, -0.1) is 0 Å². The van der Waals surface area contributed by atoms with Gasteiger partial charge < -0.3 is 10.3 Å². The monoisotopic (exact) mass is 280 g/mol. The summed E-state index contributed by atoms with van der Waals surface area (Å²) in [6.07, 6.45) is 5.25. The smallest absolute Gasteiger partial charge is 0.267 e. The van der Waals surface area contributed by atoms with E-state index in [4.69, 9.17) is 11.6 Å². The van der Waals surface area contributed by atoms with E-state index in [1.807, 2.05) is 0 Å². The SMILES string of the molecule is CC1(C)C2CCC1(C)C(NC(=O)c1cc(Cl)c[nH]1)C2. The van der Waals surface area contributed by atoms with Gasteiger partial charge in [0, 0.05) is 12.2 Å². The van der Waals surface area contributed by atoms with E-state index in [-0.39, 0.29) is 17.4 Å². The van der Waals surface area contributed by atoms with Gasteiger partial charge in [0.1, 0.15) is 5.69 Å². The number of fused-ring (bicyclic) bond motifs is 2. The lowest BCUT2D eigenvalue weighted by Gasteiger charge is -2.39. The van der Waals surface area contributed by atoms with Crippen LogP contribution < -0.4 is 5.32 Å². The van der Waals surface area contributed by atoms with Gasteiger partial charge >= 0.3 is 0 Å². The molecule has 0 aliphatic heterocycles. The van der Waals surface area contributed by atoms with Crippen LogP contribution in [0.4, 0.5) is 0 Å². The Labute approximate surface area is 119 Å². The maximum Gasteiger partial charge on any atom is 0.267 e. The molecular formula is C15H21ClN2O. The maximum atomic E-state index is 12.2. The second-order valence-electron chi connectivity index (χ2n) is 6.87. The first-order chi connectivity index (χ1) is 8.84. The molecule has 2 bridgehead atoms. The number of hydrogen-bond acceptors (Lipinski definition) is 1. The van der Waals surface area contributed by atoms with Crippen LogP contribution in [0.5, 0.6) is 0 Å². The molecule has 4 heteroatoms. The lowest BCUT2D eigenvalue weighted by Crippen LogP contribution is -2.46. The minimum Gasteiger partial charge on any atom is -0.356 e. The van der Waals surface area contributed by atoms with Crippen molar-refractivity contribution in [1.29, 1.82) is 0 Å². The third-order valence-electron chi connectivity index (χ3n) is 5.99. The van der Waals surface area contributed by atoms with Crippen LogP contribution in [0.15, 0.2) is 12.3 Å². The standard InChI is InChI=1S/C15H21ClN2O/c1-14(2)9-4-5-15(14,3)12(6-9)18-13(19)11-7-10(16)8-17-11/h7-9,12,17H,4-6H2,1-3H3,(H,18,19). The molecule has 104 valence electrons. The van der Waals surface area contributed by atoms with E-state index < -0.39 is 0 Å². The van der Waals surface area contributed by atoms with Gasteiger partial charge in [0.25, 0.3) is 5.91 Å². The molecule has 3 rings (SSSR count). The number of carbonyl (C=O) groups is 1. The number of aromatic amines is 1. The first-order valence-corrected chi connectivity index (χ1v) is 7.37. The number of rotatable bonds is 2. The molecule has 2 saturated carbocycles. The maximum absolute atomic E-state index is 12.2. The second kappa shape index (κ2) is 4.02. The van der Waals surface area contributed by atoms with E-state index in [9.17, 15) is 4.79 Å². The molecule has 2 N–H and O–H groups in total. The van der Waals surface area contributed by atoms with Crippen molar-refractivity contribution in [2.45, 2.75) is 46.1 Å². The van der Waals surface area contributed by atoms with Gasteiger partial charge in [-0.1, -0.05) is 32.4 Å². The number of halogens is 1. The third-order valence-corrected chi connectivity index (χ3v) is 6.21. The minimum absolute atomic E-state index is 0.0403. The van der Waals surface area contributed by atoms with Crippen molar-refractivity contribution in [1.82, 2.24) is 10.3 Å². The molecule has 3 nitrogen and oxygen atoms in total. The fourth-order valence-electron chi connectivity index (χ4n) is 4.16. The molecule has 2 fully saturated rings. The van der Waals surface area contributed by atoms with Gasteiger partial charge in [-0.05, 0) is 42.1 Å². The molecule has 1 amide bonds. The largest absolute Gasteiger partial charge is 0.356 e. The highest BCUT2D eigenvalue weighted by Crippen LogP contribution is 2.65. The van der Waals surface area contributed by atoms with E-state index in [1.54, 1.807) is 12.3 Å². The molecular weight excluding hydrogens is 260 g/mol. The van der Waals surface area contributed by atoms with Crippen molar-refractivity contribution in [3.8, 4) is 0 Å². The summed E-state index contributed by atoms with van der Waals surface area (Å²) < 4.78 is 0. The molecule has 1 aromatic heterocycles. The number of amides is 1. The van der Waals surface area contributed by atoms with Crippen LogP contribution in [0.1, 0.15) is 50.5 Å². The Morgan fingerprint density at radius 3 is 2.68 bits per heavy atom. The van der Waals surface area contributed by atoms with Crippen LogP contribution in [-0.2, 0) is 0 Å². The van der Waals surface area contributed by atoms with Crippen LogP contribution in [-0.4, -0.2) is 16.9 Å². The Balaban J connectivity index is 1.77. The van der Waals surface area contributed by atoms with Crippen molar-refractivity contribution in [3.63, 3.8) is 0 Å². The summed E-state index contributed by atoms with van der Waals surface area (Å²) in [7, 11) is 0. The summed E-state index contributed by atoms with van der Waals surface area (Å²) in [6, 6.07) is 1.95. The Morgan fingerprint density at radius 1 is 1.47 bits per heavy atom. The van der Waals surface area contributed by atoms with Gasteiger partial charge in [-0.25, -0.2) is 0 Å². The van der Waals surface area contributed by atoms with E-state index in [0.717, 1.165) is 12.3 Å². The Morgan fingerprint density at radius 2 is 2.21 bits per heavy atom. The first-order valence-electron chi connectivity index (χ1n) is 6.99. The van der Waals surface area contributed by atoms with Crippen LogP contribution in [0.25, 0.3) is 0 Å². The second-order valence-corrected chi connectivity index (χ2v) is 7.30. The molecule has 0 radical (unpaired) electrons. The van der Waals surface area contributed by atoms with Crippen LogP contribution in [0.2, 0.25) is 5.02 Å². The molecule has 2 aliphatic carbocycles. The average molecular weight is 281 g/mol. The highest BCUT2D eigenvalue weighted by Gasteiger charge is 2.61. The fraction of sp³-hybridized carbons (Fsp3) is 0.667. The predicted octanol–water partition coefficient (Wildman–Crippen LogP) is 3.61. The zero-order valence-electron chi connectivity index (χ0n) is 11.7. The third kappa shape index (κ3) is 1.74. The van der Waals surface area contributed by atoms with Gasteiger partial charge in [-0.3, -0.25) is 4.79 Å². The highest BCUT2D eigenvalue weighted by atomic mass is 35.5. The summed E-state index contributed by atoms with van der Waals surface area (Å²) in [5.74, 6) is 0.691. The first kappa shape index (κ1) is 13.0. The Kier molecular flexibility index (Phi) is 2.76. The fourth-order valence-corrected chi connectivity index (χ4v) is 4.32. The molecule has 2 aliphatic rings. The summed E-state index contributed by atoms with van der Waals surface area (Å²) in [4.78, 5) is 15.2. The number of nitrogens with one attached hydrogen (secondary N) is 2. The molecule has 1 aromatic rings. The molecule has 0 aromatic carbocycles. The topological polar surface area (TPSA) is 44.9 Å². The summed E-state index contributed by atoms with van der Waals surface area (Å²) >= 11 is 5.85. The van der Waals surface area contributed by atoms with Crippen LogP contribution >= 0.6 is 11.6 Å². The molecule has 19 heavy (non-hydrogen) atoms. The van der Waals surface area contributed by atoms with Gasteiger partial charge in [-0.2, -0.15) is 0 Å². The zero-order valence-corrected chi connectivity index (χ0v) is 12.5. The van der Waals surface area contributed by atoms with Crippen molar-refractivity contribution in [2.75, 3.05) is 0 Å². The number of H-pyrrole nitrogens is 1. The van der Waals surface area contributed by atoms with E-state index in [0.29, 0.717) is 16.1 Å². The zero-order chi connectivity index (χ0) is 13.8. The lowest BCUT2D eigenvalue weighted by molar-refractivity contribution is 0.0822. The van der Waals surface area contributed by atoms with Crippen LogP contribution in [0, 0.1) is 16.7 Å². The van der Waals surface area contributed by atoms with E-state index >= 15 is 0 Å². The summed E-state index contributed by atoms with van der Waals surface area (Å²) in [6.45, 7) is 7.03. The summed E-state index contributed by atoms with van der Waals surface area (Å²) in [5.41, 5.74) is 1.08. The minimum atomic E-state index is -0.0403. The van der Waals surface area contributed by atoms with Crippen molar-refractivity contribution >= 4 is 17.5 Å². The van der Waals surface area contributed by atoms with E-state index in [2.05, 4.69) is 31.1 Å². The normalized spacial score (nSPS) is 35.6. The van der Waals surface area contributed by atoms with Crippen molar-refractivity contribution < 1.29 is 4.79 Å². The van der Waals surface area contributed by atoms with Gasteiger partial charge in [0.2, 0.25) is 0 Å². The van der Waals surface area contributed by atoms with Crippen LogP contribution in [0.3, 0.4) is 0 Å². The number of carbonyl (C=O) groups excluding carboxylic acids is 1. The van der Waals surface area contributed by atoms with Crippen molar-refractivity contribution in [3.05, 3.63) is 23.0 Å². The lowest BCUT2D eigenvalue weighted by atomic mass is 9.69. The van der Waals surface area contributed by atoms with Gasteiger partial charge in [0.05, 0.1) is 5.02 Å².